The molecule has 3 aromatic rings. The smallest absolute Gasteiger partial charge is 0.142 e. The first-order valence-electron chi connectivity index (χ1n) is 8.17. The molecule has 2 nitrogen and oxygen atoms in total. The van der Waals surface area contributed by atoms with E-state index in [1.54, 1.807) is 18.2 Å². The minimum absolute atomic E-state index is 0.0610. The Balaban J connectivity index is 1.72. The van der Waals surface area contributed by atoms with Gasteiger partial charge in [-0.2, -0.15) is 0 Å². The first kappa shape index (κ1) is 18.2. The van der Waals surface area contributed by atoms with E-state index in [4.69, 9.17) is 21.1 Å². The SMILES string of the molecule is CCc1ccc(COc2cc(Oc3cc(F)cc(F)c3)ccc2Cl)cc1. The fourth-order valence-corrected chi connectivity index (χ4v) is 2.59. The van der Waals surface area contributed by atoms with Crippen molar-refractivity contribution in [2.45, 2.75) is 20.0 Å². The first-order valence-corrected chi connectivity index (χ1v) is 8.55. The number of rotatable bonds is 6. The molecule has 3 rings (SSSR count). The normalized spacial score (nSPS) is 10.6. The molecule has 0 atom stereocenters. The van der Waals surface area contributed by atoms with Gasteiger partial charge in [0.2, 0.25) is 0 Å². The minimum Gasteiger partial charge on any atom is -0.487 e. The van der Waals surface area contributed by atoms with Gasteiger partial charge in [-0.25, -0.2) is 8.78 Å². The van der Waals surface area contributed by atoms with Crippen molar-refractivity contribution in [3.8, 4) is 17.2 Å². The average Bonchev–Trinajstić information content (AvgIpc) is 2.62. The van der Waals surface area contributed by atoms with Crippen molar-refractivity contribution in [1.82, 2.24) is 0 Å². The molecule has 0 unspecified atom stereocenters. The molecule has 0 aromatic heterocycles. The summed E-state index contributed by atoms with van der Waals surface area (Å²) in [6.07, 6.45) is 0.979. The molecule has 0 radical (unpaired) electrons. The maximum absolute atomic E-state index is 13.3. The maximum Gasteiger partial charge on any atom is 0.142 e. The molecule has 0 aliphatic rings. The van der Waals surface area contributed by atoms with E-state index in [9.17, 15) is 8.78 Å². The van der Waals surface area contributed by atoms with Gasteiger partial charge >= 0.3 is 0 Å². The number of halogens is 3. The lowest BCUT2D eigenvalue weighted by atomic mass is 10.1. The molecule has 0 saturated heterocycles. The van der Waals surface area contributed by atoms with Crippen molar-refractivity contribution in [3.05, 3.63) is 88.4 Å². The number of hydrogen-bond acceptors (Lipinski definition) is 2. The van der Waals surface area contributed by atoms with Gasteiger partial charge in [0.05, 0.1) is 5.02 Å². The zero-order valence-electron chi connectivity index (χ0n) is 14.1. The molecule has 0 aliphatic heterocycles. The highest BCUT2D eigenvalue weighted by molar-refractivity contribution is 6.32. The van der Waals surface area contributed by atoms with Gasteiger partial charge in [-0.1, -0.05) is 42.8 Å². The van der Waals surface area contributed by atoms with E-state index in [0.29, 0.717) is 23.1 Å². The molecule has 0 N–H and O–H groups in total. The monoisotopic (exact) mass is 374 g/mol. The summed E-state index contributed by atoms with van der Waals surface area (Å²) < 4.78 is 37.8. The molecule has 5 heteroatoms. The summed E-state index contributed by atoms with van der Waals surface area (Å²) in [7, 11) is 0. The summed E-state index contributed by atoms with van der Waals surface area (Å²) in [6, 6.07) is 15.9. The summed E-state index contributed by atoms with van der Waals surface area (Å²) in [4.78, 5) is 0. The van der Waals surface area contributed by atoms with E-state index in [-0.39, 0.29) is 5.75 Å². The molecule has 0 spiro atoms. The molecule has 134 valence electrons. The summed E-state index contributed by atoms with van der Waals surface area (Å²) in [5.41, 5.74) is 2.27. The van der Waals surface area contributed by atoms with E-state index in [1.165, 1.54) is 5.56 Å². The van der Waals surface area contributed by atoms with Crippen LogP contribution in [0.2, 0.25) is 5.02 Å². The second kappa shape index (κ2) is 8.19. The van der Waals surface area contributed by atoms with Crippen LogP contribution in [0.5, 0.6) is 17.2 Å². The van der Waals surface area contributed by atoms with Crippen molar-refractivity contribution in [2.24, 2.45) is 0 Å². The summed E-state index contributed by atoms with van der Waals surface area (Å²) in [5.74, 6) is -0.552. The molecule has 0 bridgehead atoms. The zero-order chi connectivity index (χ0) is 18.5. The van der Waals surface area contributed by atoms with Gasteiger partial charge < -0.3 is 9.47 Å². The van der Waals surface area contributed by atoms with Crippen LogP contribution in [-0.4, -0.2) is 0 Å². The van der Waals surface area contributed by atoms with Gasteiger partial charge in [0.1, 0.15) is 35.5 Å². The highest BCUT2D eigenvalue weighted by atomic mass is 35.5. The Morgan fingerprint density at radius 3 is 2.12 bits per heavy atom. The second-order valence-corrected chi connectivity index (χ2v) is 6.17. The largest absolute Gasteiger partial charge is 0.487 e. The maximum atomic E-state index is 13.3. The van der Waals surface area contributed by atoms with Gasteiger partial charge in [-0.3, -0.25) is 0 Å². The van der Waals surface area contributed by atoms with E-state index in [2.05, 4.69) is 19.1 Å². The first-order chi connectivity index (χ1) is 12.5. The van der Waals surface area contributed by atoms with E-state index < -0.39 is 11.6 Å². The van der Waals surface area contributed by atoms with Crippen LogP contribution in [0.3, 0.4) is 0 Å². The van der Waals surface area contributed by atoms with Crippen LogP contribution < -0.4 is 9.47 Å². The lowest BCUT2D eigenvalue weighted by molar-refractivity contribution is 0.305. The summed E-state index contributed by atoms with van der Waals surface area (Å²) in [6.45, 7) is 2.45. The standard InChI is InChI=1S/C21H17ClF2O2/c1-2-14-3-5-15(6-4-14)13-25-21-12-18(7-8-20(21)22)26-19-10-16(23)9-17(24)11-19/h3-12H,2,13H2,1H3. The number of aryl methyl sites for hydroxylation is 1. The second-order valence-electron chi connectivity index (χ2n) is 5.76. The molecule has 0 saturated carbocycles. The highest BCUT2D eigenvalue weighted by Crippen LogP contribution is 2.32. The summed E-state index contributed by atoms with van der Waals surface area (Å²) in [5, 5.41) is 0.424. The lowest BCUT2D eigenvalue weighted by Crippen LogP contribution is -1.97. The van der Waals surface area contributed by atoms with Crippen LogP contribution in [0.15, 0.2) is 60.7 Å². The predicted molar refractivity (Wildman–Crippen MR) is 98.0 cm³/mol. The number of hydrogen-bond donors (Lipinski definition) is 0. The Bertz CT molecular complexity index is 875. The predicted octanol–water partition coefficient (Wildman–Crippen LogP) is 6.55. The molecule has 3 aromatic carbocycles. The lowest BCUT2D eigenvalue weighted by Gasteiger charge is -2.11. The van der Waals surface area contributed by atoms with E-state index in [1.807, 2.05) is 12.1 Å². The Labute approximate surface area is 156 Å². The third kappa shape index (κ3) is 4.73. The van der Waals surface area contributed by atoms with Crippen LogP contribution in [0, 0.1) is 11.6 Å². The topological polar surface area (TPSA) is 18.5 Å². The van der Waals surface area contributed by atoms with Crippen LogP contribution in [0.1, 0.15) is 18.1 Å². The van der Waals surface area contributed by atoms with Gasteiger partial charge in [0, 0.05) is 24.3 Å². The molecule has 0 heterocycles. The molecular formula is C21H17ClF2O2. The van der Waals surface area contributed by atoms with Gasteiger partial charge in [-0.05, 0) is 29.7 Å². The molecular weight excluding hydrogens is 358 g/mol. The van der Waals surface area contributed by atoms with Gasteiger partial charge in [-0.15, -0.1) is 0 Å². The third-order valence-electron chi connectivity index (χ3n) is 3.80. The minimum atomic E-state index is -0.707. The van der Waals surface area contributed by atoms with Crippen LogP contribution in [-0.2, 0) is 13.0 Å². The highest BCUT2D eigenvalue weighted by Gasteiger charge is 2.08. The summed E-state index contributed by atoms with van der Waals surface area (Å²) >= 11 is 6.16. The molecule has 0 fully saturated rings. The Kier molecular flexibility index (Phi) is 5.74. The fourth-order valence-electron chi connectivity index (χ4n) is 2.41. The third-order valence-corrected chi connectivity index (χ3v) is 4.11. The zero-order valence-corrected chi connectivity index (χ0v) is 14.9. The van der Waals surface area contributed by atoms with Gasteiger partial charge in [0.15, 0.2) is 0 Å². The van der Waals surface area contributed by atoms with Gasteiger partial charge in [0.25, 0.3) is 0 Å². The quantitative estimate of drug-likeness (QED) is 0.487. The Morgan fingerprint density at radius 2 is 1.46 bits per heavy atom. The van der Waals surface area contributed by atoms with E-state index in [0.717, 1.165) is 30.2 Å². The molecule has 26 heavy (non-hydrogen) atoms. The van der Waals surface area contributed by atoms with Crippen molar-refractivity contribution < 1.29 is 18.3 Å². The Hall–Kier alpha value is -2.59. The van der Waals surface area contributed by atoms with Crippen molar-refractivity contribution in [2.75, 3.05) is 0 Å². The average molecular weight is 375 g/mol. The fraction of sp³-hybridized carbons (Fsp3) is 0.143. The van der Waals surface area contributed by atoms with Crippen molar-refractivity contribution >= 4 is 11.6 Å². The van der Waals surface area contributed by atoms with Crippen LogP contribution in [0.25, 0.3) is 0 Å². The van der Waals surface area contributed by atoms with Crippen molar-refractivity contribution in [1.29, 1.82) is 0 Å². The van der Waals surface area contributed by atoms with Crippen molar-refractivity contribution in [3.63, 3.8) is 0 Å². The molecule has 0 amide bonds. The van der Waals surface area contributed by atoms with Crippen LogP contribution in [0.4, 0.5) is 8.78 Å². The number of ether oxygens (including phenoxy) is 2. The Morgan fingerprint density at radius 1 is 0.808 bits per heavy atom. The van der Waals surface area contributed by atoms with Crippen LogP contribution >= 0.6 is 11.6 Å². The molecule has 0 aliphatic carbocycles. The number of benzene rings is 3. The van der Waals surface area contributed by atoms with E-state index >= 15 is 0 Å².